The molecule has 7 heteroatoms. The minimum absolute atomic E-state index is 0.185. The van der Waals surface area contributed by atoms with Crippen LogP contribution in [0.5, 0.6) is 11.6 Å². The van der Waals surface area contributed by atoms with Crippen molar-refractivity contribution in [3.05, 3.63) is 83.6 Å². The van der Waals surface area contributed by atoms with Crippen LogP contribution < -0.4 is 4.74 Å². The Labute approximate surface area is 147 Å². The van der Waals surface area contributed by atoms with Gasteiger partial charge in [-0.1, -0.05) is 0 Å². The second kappa shape index (κ2) is 6.36. The maximum Gasteiger partial charge on any atom is 0.255 e. The highest BCUT2D eigenvalue weighted by Crippen LogP contribution is 2.23. The third-order valence-electron chi connectivity index (χ3n) is 3.79. The average molecular weight is 348 g/mol. The Balaban J connectivity index is 1.58. The van der Waals surface area contributed by atoms with E-state index >= 15 is 0 Å². The fourth-order valence-corrected chi connectivity index (χ4v) is 2.53. The molecule has 0 fully saturated rings. The molecular weight excluding hydrogens is 335 g/mol. The summed E-state index contributed by atoms with van der Waals surface area (Å²) in [5, 5.41) is 4.08. The van der Waals surface area contributed by atoms with Crippen LogP contribution in [0.2, 0.25) is 0 Å². The van der Waals surface area contributed by atoms with Crippen molar-refractivity contribution in [2.45, 2.75) is 6.92 Å². The molecule has 0 aliphatic rings. The van der Waals surface area contributed by atoms with Gasteiger partial charge in [-0.05, 0) is 55.5 Å². The predicted octanol–water partition coefficient (Wildman–Crippen LogP) is 3.60. The first-order valence-corrected chi connectivity index (χ1v) is 7.86. The Kier molecular flexibility index (Phi) is 3.89. The van der Waals surface area contributed by atoms with Gasteiger partial charge < -0.3 is 4.74 Å². The van der Waals surface area contributed by atoms with Crippen LogP contribution in [0.1, 0.15) is 21.6 Å². The lowest BCUT2D eigenvalue weighted by molar-refractivity contribution is 0.103. The average Bonchev–Trinajstić information content (AvgIpc) is 3.11. The highest BCUT2D eigenvalue weighted by molar-refractivity contribution is 6.08. The molecule has 2 aromatic carbocycles. The summed E-state index contributed by atoms with van der Waals surface area (Å²) in [4.78, 5) is 20.7. The molecule has 0 N–H and O–H groups in total. The number of aromatic nitrogens is 4. The molecule has 0 amide bonds. The predicted molar refractivity (Wildman–Crippen MR) is 91.9 cm³/mol. The van der Waals surface area contributed by atoms with Crippen LogP contribution in [0, 0.1) is 12.7 Å². The Morgan fingerprint density at radius 1 is 1.04 bits per heavy atom. The molecule has 0 bridgehead atoms. The van der Waals surface area contributed by atoms with Crippen molar-refractivity contribution in [2.24, 2.45) is 0 Å². The quantitative estimate of drug-likeness (QED) is 0.527. The van der Waals surface area contributed by atoms with E-state index in [-0.39, 0.29) is 11.6 Å². The molecule has 0 spiro atoms. The van der Waals surface area contributed by atoms with Crippen LogP contribution in [0.15, 0.2) is 60.9 Å². The van der Waals surface area contributed by atoms with E-state index < -0.39 is 0 Å². The first kappa shape index (κ1) is 15.9. The summed E-state index contributed by atoms with van der Waals surface area (Å²) in [6, 6.07) is 13.9. The molecule has 2 aromatic heterocycles. The van der Waals surface area contributed by atoms with Crippen LogP contribution in [-0.4, -0.2) is 25.4 Å². The highest BCUT2D eigenvalue weighted by atomic mass is 19.1. The number of hydrogen-bond donors (Lipinski definition) is 0. The number of halogens is 1. The Morgan fingerprint density at radius 2 is 1.69 bits per heavy atom. The van der Waals surface area contributed by atoms with Gasteiger partial charge in [0.25, 0.3) is 5.78 Å². The smallest absolute Gasteiger partial charge is 0.255 e. The number of nitrogens with zero attached hydrogens (tertiary/aromatic N) is 4. The van der Waals surface area contributed by atoms with Crippen LogP contribution in [0.25, 0.3) is 5.78 Å². The number of carbonyl (C=O) groups excluding carboxylic acids is 1. The summed E-state index contributed by atoms with van der Waals surface area (Å²) in [6.45, 7) is 1.84. The van der Waals surface area contributed by atoms with Gasteiger partial charge in [0.15, 0.2) is 5.78 Å². The van der Waals surface area contributed by atoms with Crippen LogP contribution in [-0.2, 0) is 0 Å². The summed E-state index contributed by atoms with van der Waals surface area (Å²) in [5.41, 5.74) is 1.67. The lowest BCUT2D eigenvalue weighted by Crippen LogP contribution is -2.02. The summed E-state index contributed by atoms with van der Waals surface area (Å²) >= 11 is 0. The van der Waals surface area contributed by atoms with Gasteiger partial charge in [0, 0.05) is 22.9 Å². The molecule has 0 saturated heterocycles. The van der Waals surface area contributed by atoms with E-state index in [0.717, 1.165) is 5.69 Å². The molecule has 0 saturated carbocycles. The fraction of sp³-hybridized carbons (Fsp3) is 0.0526. The minimum atomic E-state index is -0.377. The zero-order chi connectivity index (χ0) is 18.1. The van der Waals surface area contributed by atoms with Gasteiger partial charge in [0.1, 0.15) is 17.9 Å². The molecule has 4 aromatic rings. The topological polar surface area (TPSA) is 69.4 Å². The molecule has 0 radical (unpaired) electrons. The van der Waals surface area contributed by atoms with E-state index in [2.05, 4.69) is 15.1 Å². The number of aryl methyl sites for hydroxylation is 1. The number of ketones is 1. The summed E-state index contributed by atoms with van der Waals surface area (Å²) < 4.78 is 20.3. The molecule has 0 atom stereocenters. The Bertz CT molecular complexity index is 1090. The Morgan fingerprint density at radius 3 is 2.38 bits per heavy atom. The molecule has 0 unspecified atom stereocenters. The lowest BCUT2D eigenvalue weighted by Gasteiger charge is -2.08. The van der Waals surface area contributed by atoms with Crippen molar-refractivity contribution in [1.82, 2.24) is 19.6 Å². The number of rotatable bonds is 4. The van der Waals surface area contributed by atoms with E-state index in [1.54, 1.807) is 30.3 Å². The molecule has 0 aliphatic carbocycles. The van der Waals surface area contributed by atoms with Gasteiger partial charge in [-0.15, -0.1) is 0 Å². The SMILES string of the molecule is Cc1cc(Oc2ccc(C(=O)c3ccc(F)cc3)cc2)n2ncnc2n1. The number of fused-ring (bicyclic) bond motifs is 1. The molecule has 6 nitrogen and oxygen atoms in total. The lowest BCUT2D eigenvalue weighted by atomic mass is 10.0. The van der Waals surface area contributed by atoms with Crippen molar-refractivity contribution in [3.63, 3.8) is 0 Å². The zero-order valence-corrected chi connectivity index (χ0v) is 13.8. The largest absolute Gasteiger partial charge is 0.439 e. The first-order chi connectivity index (χ1) is 12.6. The van der Waals surface area contributed by atoms with Gasteiger partial charge in [0.2, 0.25) is 5.88 Å². The second-order valence-electron chi connectivity index (χ2n) is 5.67. The maximum absolute atomic E-state index is 13.0. The standard InChI is InChI=1S/C19H13FN4O2/c1-12-10-17(24-19(23-12)21-11-22-24)26-16-8-4-14(5-9-16)18(25)13-2-6-15(20)7-3-13/h2-11H,1H3. The van der Waals surface area contributed by atoms with Crippen LogP contribution in [0.3, 0.4) is 0 Å². The van der Waals surface area contributed by atoms with E-state index in [0.29, 0.717) is 28.5 Å². The summed E-state index contributed by atoms with van der Waals surface area (Å²) in [7, 11) is 0. The van der Waals surface area contributed by atoms with Crippen molar-refractivity contribution >= 4 is 11.6 Å². The third-order valence-corrected chi connectivity index (χ3v) is 3.79. The number of benzene rings is 2. The number of hydrogen-bond acceptors (Lipinski definition) is 5. The van der Waals surface area contributed by atoms with E-state index in [1.807, 2.05) is 6.92 Å². The van der Waals surface area contributed by atoms with Crippen molar-refractivity contribution in [1.29, 1.82) is 0 Å². The molecule has 0 aliphatic heterocycles. The highest BCUT2D eigenvalue weighted by Gasteiger charge is 2.11. The third kappa shape index (κ3) is 3.02. The van der Waals surface area contributed by atoms with Crippen LogP contribution >= 0.6 is 0 Å². The second-order valence-corrected chi connectivity index (χ2v) is 5.67. The van der Waals surface area contributed by atoms with E-state index in [1.165, 1.54) is 35.1 Å². The molecule has 128 valence electrons. The number of carbonyl (C=O) groups is 1. The summed E-state index contributed by atoms with van der Waals surface area (Å²) in [5.74, 6) is 0.904. The normalized spacial score (nSPS) is 10.8. The van der Waals surface area contributed by atoms with E-state index in [9.17, 15) is 9.18 Å². The van der Waals surface area contributed by atoms with Crippen LogP contribution in [0.4, 0.5) is 4.39 Å². The van der Waals surface area contributed by atoms with Gasteiger partial charge in [-0.3, -0.25) is 4.79 Å². The first-order valence-electron chi connectivity index (χ1n) is 7.86. The van der Waals surface area contributed by atoms with Gasteiger partial charge >= 0.3 is 0 Å². The van der Waals surface area contributed by atoms with Gasteiger partial charge in [0.05, 0.1) is 0 Å². The Hall–Kier alpha value is -3.61. The fourth-order valence-electron chi connectivity index (χ4n) is 2.53. The summed E-state index contributed by atoms with van der Waals surface area (Å²) in [6.07, 6.45) is 1.40. The maximum atomic E-state index is 13.0. The minimum Gasteiger partial charge on any atom is -0.439 e. The molecule has 26 heavy (non-hydrogen) atoms. The van der Waals surface area contributed by atoms with Crippen molar-refractivity contribution < 1.29 is 13.9 Å². The van der Waals surface area contributed by atoms with Gasteiger partial charge in [-0.2, -0.15) is 14.6 Å². The monoisotopic (exact) mass is 348 g/mol. The van der Waals surface area contributed by atoms with Gasteiger partial charge in [-0.25, -0.2) is 9.37 Å². The number of ether oxygens (including phenoxy) is 1. The zero-order valence-electron chi connectivity index (χ0n) is 13.8. The molecular formula is C19H13FN4O2. The van der Waals surface area contributed by atoms with E-state index in [4.69, 9.17) is 4.74 Å². The molecule has 2 heterocycles. The molecule has 4 rings (SSSR count). The van der Waals surface area contributed by atoms with Crippen molar-refractivity contribution in [3.8, 4) is 11.6 Å². The van der Waals surface area contributed by atoms with Crippen molar-refractivity contribution in [2.75, 3.05) is 0 Å².